The molecule has 0 bridgehead atoms. The van der Waals surface area contributed by atoms with Crippen LogP contribution in [0.5, 0.6) is 0 Å². The van der Waals surface area contributed by atoms with Gasteiger partial charge in [-0.2, -0.15) is 0 Å². The van der Waals surface area contributed by atoms with Gasteiger partial charge in [0.05, 0.1) is 5.41 Å². The van der Waals surface area contributed by atoms with Crippen LogP contribution in [0.15, 0.2) is 103 Å². The van der Waals surface area contributed by atoms with Crippen LogP contribution in [0.1, 0.15) is 42.5 Å². The second kappa shape index (κ2) is 5.82. The number of hydrogen-bond donors (Lipinski definition) is 0. The molecule has 0 fully saturated rings. The van der Waals surface area contributed by atoms with Crippen molar-refractivity contribution in [1.29, 1.82) is 0 Å². The van der Waals surface area contributed by atoms with Crippen molar-refractivity contribution in [1.82, 2.24) is 0 Å². The first-order valence-corrected chi connectivity index (χ1v) is 9.77. The molecule has 0 radical (unpaired) electrons. The largest absolute Gasteiger partial charge is 0.0724 e. The molecule has 0 aliphatic heterocycles. The van der Waals surface area contributed by atoms with Crippen molar-refractivity contribution in [3.05, 3.63) is 125 Å². The summed E-state index contributed by atoms with van der Waals surface area (Å²) in [5.74, 6) is 0. The smallest absolute Gasteiger partial charge is 0.0554 e. The van der Waals surface area contributed by atoms with Crippen molar-refractivity contribution < 1.29 is 0 Å². The van der Waals surface area contributed by atoms with E-state index in [-0.39, 0.29) is 10.8 Å². The molecule has 5 rings (SSSR count). The predicted molar refractivity (Wildman–Crippen MR) is 114 cm³/mol. The minimum atomic E-state index is -0.187. The van der Waals surface area contributed by atoms with Gasteiger partial charge in [-0.25, -0.2) is 0 Å². The SMILES string of the molecule is CC1=CC=C2c3ccccc3C(c3ccccc3)(c3ccccc3)C2(C)C1. The Bertz CT molecular complexity index is 1010. The molecule has 0 N–H and O–H groups in total. The van der Waals surface area contributed by atoms with Crippen LogP contribution in [-0.2, 0) is 5.41 Å². The Morgan fingerprint density at radius 1 is 0.667 bits per heavy atom. The zero-order valence-electron chi connectivity index (χ0n) is 15.9. The lowest BCUT2D eigenvalue weighted by Gasteiger charge is -2.47. The highest BCUT2D eigenvalue weighted by Gasteiger charge is 2.59. The number of hydrogen-bond acceptors (Lipinski definition) is 0. The number of allylic oxidation sites excluding steroid dienone is 4. The first-order chi connectivity index (χ1) is 13.2. The van der Waals surface area contributed by atoms with E-state index in [9.17, 15) is 0 Å². The molecule has 2 aliphatic carbocycles. The zero-order chi connectivity index (χ0) is 18.5. The molecular weight excluding hydrogens is 324 g/mol. The Balaban J connectivity index is 1.96. The summed E-state index contributed by atoms with van der Waals surface area (Å²) in [5.41, 5.74) is 8.30. The standard InChI is InChI=1S/C27H24/c1-20-17-18-24-23-15-9-10-16-25(23)27(26(24,2)19-20,21-11-5-3-6-12-21)22-13-7-4-8-14-22/h3-18H,19H2,1-2H3. The third-order valence-electron chi connectivity index (χ3n) is 6.62. The van der Waals surface area contributed by atoms with Crippen LogP contribution in [0.4, 0.5) is 0 Å². The number of benzene rings is 3. The molecule has 27 heavy (non-hydrogen) atoms. The molecule has 1 unspecified atom stereocenters. The van der Waals surface area contributed by atoms with Crippen LogP contribution in [-0.4, -0.2) is 0 Å². The van der Waals surface area contributed by atoms with Crippen molar-refractivity contribution >= 4 is 5.57 Å². The molecular formula is C27H24. The number of fused-ring (bicyclic) bond motifs is 3. The quantitative estimate of drug-likeness (QED) is 0.479. The summed E-state index contributed by atoms with van der Waals surface area (Å²) < 4.78 is 0. The van der Waals surface area contributed by atoms with E-state index in [1.807, 2.05) is 0 Å². The van der Waals surface area contributed by atoms with Gasteiger partial charge in [-0.05, 0) is 41.2 Å². The minimum absolute atomic E-state index is 0.0156. The lowest BCUT2D eigenvalue weighted by molar-refractivity contribution is 0.314. The lowest BCUT2D eigenvalue weighted by atomic mass is 9.54. The van der Waals surface area contributed by atoms with Gasteiger partial charge in [0.15, 0.2) is 0 Å². The van der Waals surface area contributed by atoms with E-state index >= 15 is 0 Å². The van der Waals surface area contributed by atoms with Crippen LogP contribution in [0, 0.1) is 5.41 Å². The van der Waals surface area contributed by atoms with E-state index in [1.54, 1.807) is 0 Å². The maximum Gasteiger partial charge on any atom is 0.0554 e. The van der Waals surface area contributed by atoms with Gasteiger partial charge >= 0.3 is 0 Å². The molecule has 3 aromatic rings. The third kappa shape index (κ3) is 2.04. The molecule has 0 aromatic heterocycles. The normalized spacial score (nSPS) is 22.4. The van der Waals surface area contributed by atoms with Crippen molar-refractivity contribution in [2.24, 2.45) is 5.41 Å². The maximum absolute atomic E-state index is 2.47. The van der Waals surface area contributed by atoms with E-state index in [2.05, 4.69) is 111 Å². The van der Waals surface area contributed by atoms with Gasteiger partial charge in [0.25, 0.3) is 0 Å². The highest BCUT2D eigenvalue weighted by molar-refractivity contribution is 5.87. The molecule has 0 saturated heterocycles. The summed E-state index contributed by atoms with van der Waals surface area (Å²) in [7, 11) is 0. The van der Waals surface area contributed by atoms with E-state index < -0.39 is 0 Å². The molecule has 132 valence electrons. The van der Waals surface area contributed by atoms with Gasteiger partial charge in [-0.15, -0.1) is 0 Å². The molecule has 0 amide bonds. The fourth-order valence-corrected chi connectivity index (χ4v) is 5.68. The van der Waals surface area contributed by atoms with E-state index in [4.69, 9.17) is 0 Å². The van der Waals surface area contributed by atoms with Crippen LogP contribution in [0.25, 0.3) is 5.57 Å². The summed E-state index contributed by atoms with van der Waals surface area (Å²) in [6.45, 7) is 4.73. The van der Waals surface area contributed by atoms with Crippen molar-refractivity contribution in [2.75, 3.05) is 0 Å². The Morgan fingerprint density at radius 2 is 1.22 bits per heavy atom. The Labute approximate surface area is 161 Å². The van der Waals surface area contributed by atoms with Gasteiger partial charge < -0.3 is 0 Å². The van der Waals surface area contributed by atoms with Crippen molar-refractivity contribution in [3.63, 3.8) is 0 Å². The highest BCUT2D eigenvalue weighted by Crippen LogP contribution is 2.67. The van der Waals surface area contributed by atoms with Crippen LogP contribution >= 0.6 is 0 Å². The molecule has 1 atom stereocenters. The molecule has 3 aromatic carbocycles. The zero-order valence-corrected chi connectivity index (χ0v) is 15.9. The fraction of sp³-hybridized carbons (Fsp3) is 0.185. The van der Waals surface area contributed by atoms with Gasteiger partial charge in [0.1, 0.15) is 0 Å². The predicted octanol–water partition coefficient (Wildman–Crippen LogP) is 6.77. The molecule has 0 spiro atoms. The lowest BCUT2D eigenvalue weighted by Crippen LogP contribution is -2.43. The molecule has 0 heterocycles. The first kappa shape index (κ1) is 16.3. The Kier molecular flexibility index (Phi) is 3.52. The highest BCUT2D eigenvalue weighted by atomic mass is 14.6. The molecule has 0 nitrogen and oxygen atoms in total. The van der Waals surface area contributed by atoms with Crippen molar-refractivity contribution in [3.8, 4) is 0 Å². The van der Waals surface area contributed by atoms with E-state index in [0.717, 1.165) is 6.42 Å². The summed E-state index contributed by atoms with van der Waals surface area (Å²) in [4.78, 5) is 0. The van der Waals surface area contributed by atoms with Gasteiger partial charge in [0.2, 0.25) is 0 Å². The Morgan fingerprint density at radius 3 is 1.85 bits per heavy atom. The molecule has 2 aliphatic rings. The van der Waals surface area contributed by atoms with Crippen LogP contribution < -0.4 is 0 Å². The second-order valence-electron chi connectivity index (χ2n) is 8.13. The monoisotopic (exact) mass is 348 g/mol. The van der Waals surface area contributed by atoms with Gasteiger partial charge in [0, 0.05) is 5.41 Å². The van der Waals surface area contributed by atoms with E-state index in [0.29, 0.717) is 0 Å². The summed E-state index contributed by atoms with van der Waals surface area (Å²) >= 11 is 0. The maximum atomic E-state index is 2.47. The first-order valence-electron chi connectivity index (χ1n) is 9.77. The summed E-state index contributed by atoms with van der Waals surface area (Å²) in [6, 6.07) is 31.2. The minimum Gasteiger partial charge on any atom is -0.0724 e. The third-order valence-corrected chi connectivity index (χ3v) is 6.62. The van der Waals surface area contributed by atoms with Crippen molar-refractivity contribution in [2.45, 2.75) is 25.7 Å². The van der Waals surface area contributed by atoms with Crippen LogP contribution in [0.2, 0.25) is 0 Å². The topological polar surface area (TPSA) is 0 Å². The molecule has 0 saturated carbocycles. The second-order valence-corrected chi connectivity index (χ2v) is 8.13. The van der Waals surface area contributed by atoms with Crippen LogP contribution in [0.3, 0.4) is 0 Å². The summed E-state index contributed by atoms with van der Waals surface area (Å²) in [6.07, 6.45) is 5.74. The number of rotatable bonds is 2. The van der Waals surface area contributed by atoms with Gasteiger partial charge in [-0.1, -0.05) is 110 Å². The average molecular weight is 348 g/mol. The fourth-order valence-electron chi connectivity index (χ4n) is 5.68. The summed E-state index contributed by atoms with van der Waals surface area (Å²) in [5, 5.41) is 0. The van der Waals surface area contributed by atoms with Gasteiger partial charge in [-0.3, -0.25) is 0 Å². The molecule has 0 heteroatoms. The van der Waals surface area contributed by atoms with E-state index in [1.165, 1.54) is 33.4 Å². The average Bonchev–Trinajstić information content (AvgIpc) is 2.94. The Hall–Kier alpha value is -2.86.